The maximum absolute atomic E-state index is 13.4. The molecule has 0 saturated heterocycles. The maximum atomic E-state index is 13.4. The van der Waals surface area contributed by atoms with Crippen LogP contribution in [-0.4, -0.2) is 54.6 Å². The molecule has 0 aromatic heterocycles. The maximum Gasteiger partial charge on any atom is 0.513 e. The van der Waals surface area contributed by atoms with Crippen molar-refractivity contribution in [1.82, 2.24) is 5.43 Å². The molecular weight excluding hydrogens is 538 g/mol. The second-order valence-corrected chi connectivity index (χ2v) is 9.72. The molecule has 11 nitrogen and oxygen atoms in total. The first-order valence-electron chi connectivity index (χ1n) is 10.9. The van der Waals surface area contributed by atoms with Crippen LogP contribution in [-0.2, 0) is 19.6 Å². The summed E-state index contributed by atoms with van der Waals surface area (Å²) in [5.41, 5.74) is 3.04. The molecule has 0 atom stereocenters. The van der Waals surface area contributed by atoms with E-state index in [0.29, 0.717) is 16.3 Å². The zero-order valence-corrected chi connectivity index (χ0v) is 22.2. The van der Waals surface area contributed by atoms with E-state index in [9.17, 15) is 18.0 Å². The Kier molecular flexibility index (Phi) is 9.52. The standard InChI is InChI=1S/C25H24ClN3O8S/c1-34-20-9-11-21(12-10-20)38(32,33)29(19-7-5-18(26)6-8-19)16-24(30)28-27-15-17-4-13-22(23(14-17)35-2)37-25(31)36-3/h4-15H,16H2,1-3H3,(H,28,30)/b27-15+. The highest BCUT2D eigenvalue weighted by atomic mass is 35.5. The minimum absolute atomic E-state index is 0.0362. The molecule has 1 N–H and O–H groups in total. The highest BCUT2D eigenvalue weighted by Crippen LogP contribution is 2.28. The highest BCUT2D eigenvalue weighted by molar-refractivity contribution is 7.92. The number of methoxy groups -OCH3 is 3. The lowest BCUT2D eigenvalue weighted by Crippen LogP contribution is -2.39. The third-order valence-electron chi connectivity index (χ3n) is 5.00. The number of anilines is 1. The van der Waals surface area contributed by atoms with Crippen molar-refractivity contribution in [3.05, 3.63) is 77.3 Å². The molecule has 0 fully saturated rings. The fourth-order valence-electron chi connectivity index (χ4n) is 3.12. The normalized spacial score (nSPS) is 11.1. The molecule has 0 heterocycles. The fraction of sp³-hybridized carbons (Fsp3) is 0.160. The van der Waals surface area contributed by atoms with Crippen molar-refractivity contribution in [1.29, 1.82) is 0 Å². The summed E-state index contributed by atoms with van der Waals surface area (Å²) in [6.07, 6.45) is 0.402. The van der Waals surface area contributed by atoms with Crippen molar-refractivity contribution < 1.29 is 37.0 Å². The number of rotatable bonds is 10. The average Bonchev–Trinajstić information content (AvgIpc) is 2.92. The van der Waals surface area contributed by atoms with E-state index in [1.54, 1.807) is 6.07 Å². The molecule has 0 spiro atoms. The molecule has 3 rings (SSSR count). The summed E-state index contributed by atoms with van der Waals surface area (Å²) in [6.45, 7) is -0.567. The number of carbonyl (C=O) groups is 2. The van der Waals surface area contributed by atoms with Crippen LogP contribution in [0.1, 0.15) is 5.56 Å². The van der Waals surface area contributed by atoms with Crippen molar-refractivity contribution in [2.24, 2.45) is 5.10 Å². The predicted octanol–water partition coefficient (Wildman–Crippen LogP) is 3.85. The molecular formula is C25H24ClN3O8S. The zero-order chi connectivity index (χ0) is 27.7. The molecule has 200 valence electrons. The molecule has 0 aliphatic carbocycles. The Morgan fingerprint density at radius 2 is 1.63 bits per heavy atom. The quantitative estimate of drug-likeness (QED) is 0.171. The highest BCUT2D eigenvalue weighted by Gasteiger charge is 2.27. The van der Waals surface area contributed by atoms with E-state index in [1.165, 1.54) is 88.2 Å². The Labute approximate surface area is 224 Å². The van der Waals surface area contributed by atoms with Gasteiger partial charge in [-0.25, -0.2) is 18.6 Å². The van der Waals surface area contributed by atoms with Gasteiger partial charge in [-0.2, -0.15) is 5.10 Å². The number of nitrogens with zero attached hydrogens (tertiary/aromatic N) is 2. The number of halogens is 1. The van der Waals surface area contributed by atoms with Crippen LogP contribution in [0.5, 0.6) is 17.2 Å². The van der Waals surface area contributed by atoms with E-state index in [1.807, 2.05) is 0 Å². The van der Waals surface area contributed by atoms with E-state index in [2.05, 4.69) is 15.3 Å². The van der Waals surface area contributed by atoms with E-state index in [0.717, 1.165) is 4.31 Å². The molecule has 3 aromatic carbocycles. The predicted molar refractivity (Wildman–Crippen MR) is 141 cm³/mol. The van der Waals surface area contributed by atoms with Gasteiger partial charge in [0.15, 0.2) is 11.5 Å². The third kappa shape index (κ3) is 7.14. The Bertz CT molecular complexity index is 1410. The van der Waals surface area contributed by atoms with Crippen LogP contribution in [0.4, 0.5) is 10.5 Å². The third-order valence-corrected chi connectivity index (χ3v) is 7.04. The number of carbonyl (C=O) groups excluding carboxylic acids is 2. The Hall–Kier alpha value is -4.29. The van der Waals surface area contributed by atoms with Gasteiger partial charge in [-0.05, 0) is 72.3 Å². The molecule has 0 aliphatic rings. The minimum Gasteiger partial charge on any atom is -0.497 e. The molecule has 0 radical (unpaired) electrons. The SMILES string of the molecule is COC(=O)Oc1ccc(/C=N/NC(=O)CN(c2ccc(Cl)cc2)S(=O)(=O)c2ccc(OC)cc2)cc1OC. The Morgan fingerprint density at radius 3 is 2.24 bits per heavy atom. The summed E-state index contributed by atoms with van der Waals surface area (Å²) < 4.78 is 47.5. The Balaban J connectivity index is 1.78. The first kappa shape index (κ1) is 28.3. The molecule has 13 heteroatoms. The number of hydrogen-bond donors (Lipinski definition) is 1. The van der Waals surface area contributed by atoms with Crippen LogP contribution >= 0.6 is 11.6 Å². The topological polar surface area (TPSA) is 133 Å². The van der Waals surface area contributed by atoms with Crippen LogP contribution in [0.2, 0.25) is 5.02 Å². The van der Waals surface area contributed by atoms with Gasteiger partial charge in [0.1, 0.15) is 12.3 Å². The molecule has 3 aromatic rings. The van der Waals surface area contributed by atoms with E-state index < -0.39 is 28.6 Å². The number of hydrogen-bond acceptors (Lipinski definition) is 9. The van der Waals surface area contributed by atoms with Crippen molar-refractivity contribution in [3.63, 3.8) is 0 Å². The molecule has 0 unspecified atom stereocenters. The van der Waals surface area contributed by atoms with Crippen LogP contribution in [0, 0.1) is 0 Å². The lowest BCUT2D eigenvalue weighted by molar-refractivity contribution is -0.119. The van der Waals surface area contributed by atoms with Gasteiger partial charge in [0.2, 0.25) is 0 Å². The largest absolute Gasteiger partial charge is 0.513 e. The van der Waals surface area contributed by atoms with Gasteiger partial charge < -0.3 is 18.9 Å². The lowest BCUT2D eigenvalue weighted by atomic mass is 10.2. The van der Waals surface area contributed by atoms with E-state index in [-0.39, 0.29) is 22.1 Å². The lowest BCUT2D eigenvalue weighted by Gasteiger charge is -2.23. The number of ether oxygens (including phenoxy) is 4. The molecule has 0 aliphatic heterocycles. The second kappa shape index (κ2) is 12.8. The summed E-state index contributed by atoms with van der Waals surface area (Å²) in [7, 11) is -0.108. The fourth-order valence-corrected chi connectivity index (χ4v) is 4.67. The number of benzene rings is 3. The number of amides is 1. The van der Waals surface area contributed by atoms with Crippen molar-refractivity contribution in [3.8, 4) is 17.2 Å². The van der Waals surface area contributed by atoms with Crippen LogP contribution in [0.25, 0.3) is 0 Å². The van der Waals surface area contributed by atoms with Gasteiger partial charge in [0, 0.05) is 5.02 Å². The van der Waals surface area contributed by atoms with Gasteiger partial charge >= 0.3 is 6.16 Å². The van der Waals surface area contributed by atoms with E-state index >= 15 is 0 Å². The van der Waals surface area contributed by atoms with Crippen molar-refractivity contribution >= 4 is 45.6 Å². The summed E-state index contributed by atoms with van der Waals surface area (Å²) in [5.74, 6) is 0.134. The Morgan fingerprint density at radius 1 is 0.947 bits per heavy atom. The first-order chi connectivity index (χ1) is 18.2. The van der Waals surface area contributed by atoms with Crippen LogP contribution in [0.3, 0.4) is 0 Å². The smallest absolute Gasteiger partial charge is 0.497 e. The van der Waals surface area contributed by atoms with E-state index in [4.69, 9.17) is 25.8 Å². The van der Waals surface area contributed by atoms with Gasteiger partial charge in [-0.1, -0.05) is 11.6 Å². The van der Waals surface area contributed by atoms with Gasteiger partial charge in [0.25, 0.3) is 15.9 Å². The minimum atomic E-state index is -4.14. The van der Waals surface area contributed by atoms with Crippen LogP contribution in [0.15, 0.2) is 76.7 Å². The molecule has 0 saturated carbocycles. The van der Waals surface area contributed by atoms with Crippen molar-refractivity contribution in [2.45, 2.75) is 4.90 Å². The molecule has 38 heavy (non-hydrogen) atoms. The summed E-state index contributed by atoms with van der Waals surface area (Å²) in [6, 6.07) is 16.3. The summed E-state index contributed by atoms with van der Waals surface area (Å²) >= 11 is 5.96. The second-order valence-electron chi connectivity index (χ2n) is 7.42. The van der Waals surface area contributed by atoms with Crippen LogP contribution < -0.4 is 23.9 Å². The zero-order valence-electron chi connectivity index (χ0n) is 20.6. The van der Waals surface area contributed by atoms with Gasteiger partial charge in [0.05, 0.1) is 38.1 Å². The average molecular weight is 562 g/mol. The number of hydrazone groups is 1. The summed E-state index contributed by atoms with van der Waals surface area (Å²) in [4.78, 5) is 24.0. The summed E-state index contributed by atoms with van der Waals surface area (Å²) in [5, 5.41) is 4.30. The monoisotopic (exact) mass is 561 g/mol. The molecule has 0 bridgehead atoms. The van der Waals surface area contributed by atoms with Gasteiger partial charge in [-0.15, -0.1) is 0 Å². The van der Waals surface area contributed by atoms with Crippen molar-refractivity contribution in [2.75, 3.05) is 32.2 Å². The first-order valence-corrected chi connectivity index (χ1v) is 12.7. The van der Waals surface area contributed by atoms with Gasteiger partial charge in [-0.3, -0.25) is 9.10 Å². The molecule has 1 amide bonds. The number of sulfonamides is 1. The number of nitrogens with one attached hydrogen (secondary N) is 1.